The molecule has 3 heteroatoms. The number of unbranched alkanes of at least 4 members (excludes halogenated alkanes) is 1. The Labute approximate surface area is 86.6 Å². The number of hydrogen-bond acceptors (Lipinski definition) is 3. The Morgan fingerprint density at radius 2 is 2.00 bits per heavy atom. The first kappa shape index (κ1) is 12.0. The van der Waals surface area contributed by atoms with Crippen LogP contribution in [-0.2, 0) is 4.74 Å². The Bertz CT molecular complexity index is 174. The summed E-state index contributed by atoms with van der Waals surface area (Å²) in [6.45, 7) is 5.38. The molecule has 1 aliphatic heterocycles. The second-order valence-electron chi connectivity index (χ2n) is 4.66. The van der Waals surface area contributed by atoms with Gasteiger partial charge in [-0.1, -0.05) is 19.8 Å². The lowest BCUT2D eigenvalue weighted by Crippen LogP contribution is -2.60. The molecule has 0 aromatic carbocycles. The van der Waals surface area contributed by atoms with E-state index >= 15 is 0 Å². The zero-order chi connectivity index (χ0) is 10.7. The van der Waals surface area contributed by atoms with E-state index in [1.54, 1.807) is 0 Å². The fourth-order valence-corrected chi connectivity index (χ4v) is 2.06. The Kier molecular flexibility index (Phi) is 3.93. The van der Waals surface area contributed by atoms with Gasteiger partial charge < -0.3 is 15.6 Å². The summed E-state index contributed by atoms with van der Waals surface area (Å²) in [7, 11) is 0. The summed E-state index contributed by atoms with van der Waals surface area (Å²) in [5.74, 6) is 0. The van der Waals surface area contributed by atoms with Gasteiger partial charge in [-0.15, -0.1) is 0 Å². The van der Waals surface area contributed by atoms with Crippen LogP contribution >= 0.6 is 0 Å². The highest BCUT2D eigenvalue weighted by Gasteiger charge is 2.44. The SMILES string of the molecule is CCCCC(C)(N)C1(O)CCOCC1. The molecule has 0 amide bonds. The van der Waals surface area contributed by atoms with Crippen LogP contribution in [-0.4, -0.2) is 29.5 Å². The van der Waals surface area contributed by atoms with Crippen molar-refractivity contribution in [3.63, 3.8) is 0 Å². The molecule has 1 rings (SSSR count). The number of rotatable bonds is 4. The first-order valence-corrected chi connectivity index (χ1v) is 5.61. The van der Waals surface area contributed by atoms with E-state index in [9.17, 15) is 5.11 Å². The number of aliphatic hydroxyl groups is 1. The van der Waals surface area contributed by atoms with Gasteiger partial charge >= 0.3 is 0 Å². The van der Waals surface area contributed by atoms with Crippen molar-refractivity contribution in [3.05, 3.63) is 0 Å². The van der Waals surface area contributed by atoms with Crippen LogP contribution < -0.4 is 5.73 Å². The maximum atomic E-state index is 10.4. The minimum Gasteiger partial charge on any atom is -0.388 e. The van der Waals surface area contributed by atoms with Crippen molar-refractivity contribution < 1.29 is 9.84 Å². The van der Waals surface area contributed by atoms with E-state index in [1.807, 2.05) is 6.92 Å². The van der Waals surface area contributed by atoms with Crippen molar-refractivity contribution in [2.24, 2.45) is 5.73 Å². The van der Waals surface area contributed by atoms with Gasteiger partial charge in [0.25, 0.3) is 0 Å². The van der Waals surface area contributed by atoms with Crippen LogP contribution in [0.15, 0.2) is 0 Å². The van der Waals surface area contributed by atoms with E-state index in [1.165, 1.54) is 0 Å². The van der Waals surface area contributed by atoms with Crippen molar-refractivity contribution in [2.45, 2.75) is 57.1 Å². The van der Waals surface area contributed by atoms with Crippen molar-refractivity contribution in [1.82, 2.24) is 0 Å². The first-order valence-electron chi connectivity index (χ1n) is 5.61. The third-order valence-electron chi connectivity index (χ3n) is 3.43. The van der Waals surface area contributed by atoms with Gasteiger partial charge in [-0.25, -0.2) is 0 Å². The average Bonchev–Trinajstić information content (AvgIpc) is 2.16. The Balaban J connectivity index is 2.57. The van der Waals surface area contributed by atoms with Crippen LogP contribution in [0.4, 0.5) is 0 Å². The van der Waals surface area contributed by atoms with E-state index in [0.29, 0.717) is 26.1 Å². The standard InChI is InChI=1S/C11H23NO2/c1-3-4-5-10(2,12)11(13)6-8-14-9-7-11/h13H,3-9,12H2,1-2H3. The first-order chi connectivity index (χ1) is 6.52. The normalized spacial score (nSPS) is 25.7. The summed E-state index contributed by atoms with van der Waals surface area (Å²) in [6.07, 6.45) is 4.43. The van der Waals surface area contributed by atoms with Crippen LogP contribution in [0.3, 0.4) is 0 Å². The van der Waals surface area contributed by atoms with Crippen LogP contribution in [0.1, 0.15) is 46.0 Å². The number of hydrogen-bond donors (Lipinski definition) is 2. The molecule has 0 spiro atoms. The van der Waals surface area contributed by atoms with E-state index in [0.717, 1.165) is 19.3 Å². The molecule has 1 aliphatic rings. The monoisotopic (exact) mass is 201 g/mol. The molecule has 1 unspecified atom stereocenters. The molecule has 1 saturated heterocycles. The lowest BCUT2D eigenvalue weighted by molar-refractivity contribution is -0.108. The molecule has 0 bridgehead atoms. The summed E-state index contributed by atoms with van der Waals surface area (Å²) in [5.41, 5.74) is 5.02. The highest BCUT2D eigenvalue weighted by molar-refractivity contribution is 5.01. The molecule has 0 radical (unpaired) electrons. The van der Waals surface area contributed by atoms with Crippen molar-refractivity contribution in [3.8, 4) is 0 Å². The molecule has 0 aromatic rings. The minimum atomic E-state index is -0.722. The molecule has 0 saturated carbocycles. The minimum absolute atomic E-state index is 0.465. The quantitative estimate of drug-likeness (QED) is 0.723. The molecule has 1 fully saturated rings. The molecule has 0 aliphatic carbocycles. The van der Waals surface area contributed by atoms with Gasteiger partial charge in [0.05, 0.1) is 5.60 Å². The third-order valence-corrected chi connectivity index (χ3v) is 3.43. The maximum Gasteiger partial charge on any atom is 0.0867 e. The summed E-state index contributed by atoms with van der Waals surface area (Å²) < 4.78 is 5.25. The largest absolute Gasteiger partial charge is 0.388 e. The van der Waals surface area contributed by atoms with Crippen molar-refractivity contribution in [2.75, 3.05) is 13.2 Å². The predicted molar refractivity (Wildman–Crippen MR) is 57.1 cm³/mol. The number of nitrogens with two attached hydrogens (primary N) is 1. The molecule has 3 nitrogen and oxygen atoms in total. The molecule has 1 atom stereocenters. The van der Waals surface area contributed by atoms with Gasteiger partial charge in [0.2, 0.25) is 0 Å². The smallest absolute Gasteiger partial charge is 0.0867 e. The van der Waals surface area contributed by atoms with Gasteiger partial charge in [0, 0.05) is 31.6 Å². The van der Waals surface area contributed by atoms with Crippen LogP contribution in [0.25, 0.3) is 0 Å². The fourth-order valence-electron chi connectivity index (χ4n) is 2.06. The highest BCUT2D eigenvalue weighted by atomic mass is 16.5. The summed E-state index contributed by atoms with van der Waals surface area (Å²) >= 11 is 0. The topological polar surface area (TPSA) is 55.5 Å². The van der Waals surface area contributed by atoms with Gasteiger partial charge in [0.1, 0.15) is 0 Å². The van der Waals surface area contributed by atoms with Crippen LogP contribution in [0.2, 0.25) is 0 Å². The zero-order valence-electron chi connectivity index (χ0n) is 9.38. The van der Waals surface area contributed by atoms with Crippen molar-refractivity contribution >= 4 is 0 Å². The average molecular weight is 201 g/mol. The van der Waals surface area contributed by atoms with E-state index < -0.39 is 11.1 Å². The Morgan fingerprint density at radius 3 is 2.50 bits per heavy atom. The third kappa shape index (κ3) is 2.47. The molecule has 3 N–H and O–H groups in total. The lowest BCUT2D eigenvalue weighted by atomic mass is 9.74. The van der Waals surface area contributed by atoms with Crippen LogP contribution in [0, 0.1) is 0 Å². The van der Waals surface area contributed by atoms with Gasteiger partial charge in [-0.05, 0) is 13.3 Å². The lowest BCUT2D eigenvalue weighted by Gasteiger charge is -2.45. The summed E-state index contributed by atoms with van der Waals surface area (Å²) in [5, 5.41) is 10.4. The highest BCUT2D eigenvalue weighted by Crippen LogP contribution is 2.33. The van der Waals surface area contributed by atoms with Gasteiger partial charge in [0.15, 0.2) is 0 Å². The second-order valence-corrected chi connectivity index (χ2v) is 4.66. The molecular weight excluding hydrogens is 178 g/mol. The summed E-state index contributed by atoms with van der Waals surface area (Å²) in [6, 6.07) is 0. The second kappa shape index (κ2) is 4.60. The fraction of sp³-hybridized carbons (Fsp3) is 1.00. The molecule has 14 heavy (non-hydrogen) atoms. The van der Waals surface area contributed by atoms with Crippen molar-refractivity contribution in [1.29, 1.82) is 0 Å². The Morgan fingerprint density at radius 1 is 1.43 bits per heavy atom. The van der Waals surface area contributed by atoms with Crippen LogP contribution in [0.5, 0.6) is 0 Å². The zero-order valence-corrected chi connectivity index (χ0v) is 9.38. The van der Waals surface area contributed by atoms with Gasteiger partial charge in [-0.3, -0.25) is 0 Å². The maximum absolute atomic E-state index is 10.4. The van der Waals surface area contributed by atoms with E-state index in [2.05, 4.69) is 6.92 Å². The molecule has 0 aromatic heterocycles. The van der Waals surface area contributed by atoms with Gasteiger partial charge in [-0.2, -0.15) is 0 Å². The molecular formula is C11H23NO2. The number of ether oxygens (including phenoxy) is 1. The van der Waals surface area contributed by atoms with E-state index in [4.69, 9.17) is 10.5 Å². The predicted octanol–water partition coefficient (Wildman–Crippen LogP) is 1.44. The summed E-state index contributed by atoms with van der Waals surface area (Å²) in [4.78, 5) is 0. The Hall–Kier alpha value is -0.120. The molecule has 84 valence electrons. The van der Waals surface area contributed by atoms with E-state index in [-0.39, 0.29) is 0 Å². The molecule has 1 heterocycles.